The first-order valence-electron chi connectivity index (χ1n) is 10.7. The normalized spacial score (nSPS) is 14.2. The van der Waals surface area contributed by atoms with Gasteiger partial charge in [-0.05, 0) is 12.5 Å². The van der Waals surface area contributed by atoms with Crippen LogP contribution in [0.4, 0.5) is 21.8 Å². The monoisotopic (exact) mass is 428 g/mol. The number of rotatable bonds is 8. The summed E-state index contributed by atoms with van der Waals surface area (Å²) in [5, 5.41) is 11.1. The van der Waals surface area contributed by atoms with Gasteiger partial charge in [-0.25, -0.2) is 9.37 Å². The number of methoxy groups -OCH3 is 1. The Bertz CT molecular complexity index is 1050. The second kappa shape index (κ2) is 9.34. The highest BCUT2D eigenvalue weighted by Gasteiger charge is 2.20. The fourth-order valence-electron chi connectivity index (χ4n) is 3.85. The number of unbranched alkanes of at least 4 members (excludes halogenated alkanes) is 1. The van der Waals surface area contributed by atoms with Gasteiger partial charge in [0.1, 0.15) is 22.6 Å². The third kappa shape index (κ3) is 4.48. The van der Waals surface area contributed by atoms with Crippen molar-refractivity contribution in [3.05, 3.63) is 29.7 Å². The minimum atomic E-state index is -0.268. The summed E-state index contributed by atoms with van der Waals surface area (Å²) < 4.78 is 22.4. The summed E-state index contributed by atoms with van der Waals surface area (Å²) in [6.45, 7) is 6.40. The number of anilines is 3. The summed E-state index contributed by atoms with van der Waals surface area (Å²) in [6.07, 6.45) is 3.72. The first-order valence-corrected chi connectivity index (χ1v) is 10.7. The van der Waals surface area contributed by atoms with Crippen LogP contribution >= 0.6 is 0 Å². The molecule has 0 radical (unpaired) electrons. The molecule has 4 N–H and O–H groups in total. The second-order valence-electron chi connectivity index (χ2n) is 7.60. The number of nitrogens with two attached hydrogens (primary N) is 1. The fraction of sp³-hybridized carbons (Fsp3) is 0.476. The molecule has 0 saturated carbocycles. The molecule has 2 aromatic heterocycles. The van der Waals surface area contributed by atoms with Crippen molar-refractivity contribution >= 4 is 28.5 Å². The molecule has 31 heavy (non-hydrogen) atoms. The minimum Gasteiger partial charge on any atom is -0.496 e. The predicted molar refractivity (Wildman–Crippen MR) is 120 cm³/mol. The van der Waals surface area contributed by atoms with Crippen LogP contribution in [-0.2, 0) is 6.54 Å². The summed E-state index contributed by atoms with van der Waals surface area (Å²) in [5.74, 6) is 1.17. The number of aromatic nitrogens is 4. The summed E-state index contributed by atoms with van der Waals surface area (Å²) in [4.78, 5) is 10.7. The number of nitrogens with one attached hydrogen (secondary N) is 2. The van der Waals surface area contributed by atoms with Crippen LogP contribution < -0.4 is 26.0 Å². The zero-order chi connectivity index (χ0) is 21.8. The molecular weight excluding hydrogens is 399 g/mol. The smallest absolute Gasteiger partial charge is 0.222 e. The van der Waals surface area contributed by atoms with Gasteiger partial charge in [-0.2, -0.15) is 10.1 Å². The largest absolute Gasteiger partial charge is 0.496 e. The van der Waals surface area contributed by atoms with Gasteiger partial charge in [-0.3, -0.25) is 4.68 Å². The maximum Gasteiger partial charge on any atom is 0.222 e. The van der Waals surface area contributed by atoms with Crippen molar-refractivity contribution in [2.75, 3.05) is 55.8 Å². The molecule has 0 unspecified atom stereocenters. The molecule has 4 rings (SSSR count). The van der Waals surface area contributed by atoms with Gasteiger partial charge >= 0.3 is 0 Å². The Morgan fingerprint density at radius 2 is 2.06 bits per heavy atom. The van der Waals surface area contributed by atoms with E-state index in [1.165, 1.54) is 6.07 Å². The Morgan fingerprint density at radius 3 is 2.81 bits per heavy atom. The van der Waals surface area contributed by atoms with E-state index in [0.29, 0.717) is 34.9 Å². The van der Waals surface area contributed by atoms with E-state index in [9.17, 15) is 0 Å². The molecular formula is C21H29FN8O. The second-order valence-corrected chi connectivity index (χ2v) is 7.60. The molecule has 166 valence electrons. The minimum absolute atomic E-state index is 0.190. The first-order chi connectivity index (χ1) is 15.1. The molecule has 1 aliphatic rings. The summed E-state index contributed by atoms with van der Waals surface area (Å²) >= 11 is 0. The fourth-order valence-corrected chi connectivity index (χ4v) is 3.85. The van der Waals surface area contributed by atoms with Crippen molar-refractivity contribution in [3.63, 3.8) is 0 Å². The van der Waals surface area contributed by atoms with Gasteiger partial charge in [-0.15, -0.1) is 0 Å². The highest BCUT2D eigenvalue weighted by Crippen LogP contribution is 2.31. The molecule has 1 fully saturated rings. The Morgan fingerprint density at radius 1 is 1.26 bits per heavy atom. The van der Waals surface area contributed by atoms with Crippen molar-refractivity contribution in [1.82, 2.24) is 25.1 Å². The molecule has 0 aliphatic carbocycles. The molecule has 1 aliphatic heterocycles. The van der Waals surface area contributed by atoms with E-state index in [4.69, 9.17) is 10.5 Å². The van der Waals surface area contributed by atoms with Gasteiger partial charge in [0, 0.05) is 44.4 Å². The molecule has 0 bridgehead atoms. The van der Waals surface area contributed by atoms with Crippen LogP contribution in [0.2, 0.25) is 0 Å². The molecule has 9 nitrogen and oxygen atoms in total. The van der Waals surface area contributed by atoms with Crippen molar-refractivity contribution in [1.29, 1.82) is 0 Å². The number of hydrogen-bond donors (Lipinski definition) is 3. The molecule has 10 heteroatoms. The van der Waals surface area contributed by atoms with Gasteiger partial charge in [0.25, 0.3) is 0 Å². The van der Waals surface area contributed by atoms with E-state index in [1.807, 2.05) is 4.90 Å². The zero-order valence-corrected chi connectivity index (χ0v) is 18.0. The van der Waals surface area contributed by atoms with Gasteiger partial charge in [0.15, 0.2) is 5.82 Å². The van der Waals surface area contributed by atoms with E-state index in [1.54, 1.807) is 24.1 Å². The van der Waals surface area contributed by atoms with Crippen LogP contribution in [0.15, 0.2) is 18.3 Å². The highest BCUT2D eigenvalue weighted by molar-refractivity contribution is 5.86. The predicted octanol–water partition coefficient (Wildman–Crippen LogP) is 2.23. The lowest BCUT2D eigenvalue weighted by Crippen LogP contribution is -2.43. The lowest BCUT2D eigenvalue weighted by Gasteiger charge is -2.30. The Balaban J connectivity index is 1.67. The van der Waals surface area contributed by atoms with E-state index in [0.717, 1.165) is 51.1 Å². The SMILES string of the molecule is CCCCNc1nc(N)nc2cnn(Cc3cc(F)c(N4CCNCC4)cc3OC)c12. The van der Waals surface area contributed by atoms with Gasteiger partial charge in [0.05, 0.1) is 25.5 Å². The Labute approximate surface area is 180 Å². The van der Waals surface area contributed by atoms with Crippen molar-refractivity contribution < 1.29 is 9.13 Å². The number of halogens is 1. The lowest BCUT2D eigenvalue weighted by molar-refractivity contribution is 0.406. The maximum atomic E-state index is 15.0. The Kier molecular flexibility index (Phi) is 6.36. The van der Waals surface area contributed by atoms with Crippen LogP contribution in [0.3, 0.4) is 0 Å². The van der Waals surface area contributed by atoms with Crippen LogP contribution in [0.25, 0.3) is 11.0 Å². The summed E-state index contributed by atoms with van der Waals surface area (Å²) in [7, 11) is 1.60. The molecule has 0 spiro atoms. The lowest BCUT2D eigenvalue weighted by atomic mass is 10.1. The van der Waals surface area contributed by atoms with Crippen LogP contribution in [0.5, 0.6) is 5.75 Å². The molecule has 1 aromatic carbocycles. The van der Waals surface area contributed by atoms with Crippen LogP contribution in [0, 0.1) is 5.82 Å². The van der Waals surface area contributed by atoms with Crippen molar-refractivity contribution in [2.24, 2.45) is 0 Å². The molecule has 3 heterocycles. The molecule has 1 saturated heterocycles. The quantitative estimate of drug-likeness (QED) is 0.469. The number of nitrogen functional groups attached to an aromatic ring is 1. The standard InChI is InChI=1S/C21H29FN8O/c1-3-4-5-25-20-19-16(27-21(23)28-20)12-26-30(19)13-14-10-15(22)17(11-18(14)31-2)29-8-6-24-7-9-29/h10-12,24H,3-9,13H2,1-2H3,(H3,23,25,27,28). The summed E-state index contributed by atoms with van der Waals surface area (Å²) in [6, 6.07) is 3.31. The Hall–Kier alpha value is -3.14. The van der Waals surface area contributed by atoms with E-state index in [-0.39, 0.29) is 11.8 Å². The van der Waals surface area contributed by atoms with Crippen LogP contribution in [-0.4, -0.2) is 59.6 Å². The number of fused-ring (bicyclic) bond motifs is 1. The van der Waals surface area contributed by atoms with Crippen LogP contribution in [0.1, 0.15) is 25.3 Å². The molecule has 0 atom stereocenters. The van der Waals surface area contributed by atoms with Crippen molar-refractivity contribution in [3.8, 4) is 5.75 Å². The van der Waals surface area contributed by atoms with E-state index < -0.39 is 0 Å². The topological polar surface area (TPSA) is 106 Å². The number of piperazine rings is 1. The average Bonchev–Trinajstić information content (AvgIpc) is 3.17. The third-order valence-electron chi connectivity index (χ3n) is 5.46. The van der Waals surface area contributed by atoms with Crippen molar-refractivity contribution in [2.45, 2.75) is 26.3 Å². The third-order valence-corrected chi connectivity index (χ3v) is 5.46. The van der Waals surface area contributed by atoms with E-state index >= 15 is 4.39 Å². The number of hydrogen-bond acceptors (Lipinski definition) is 8. The number of nitrogens with zero attached hydrogens (tertiary/aromatic N) is 5. The first kappa shape index (κ1) is 21.1. The van der Waals surface area contributed by atoms with Gasteiger partial charge in [-0.1, -0.05) is 13.3 Å². The highest BCUT2D eigenvalue weighted by atomic mass is 19.1. The van der Waals surface area contributed by atoms with E-state index in [2.05, 4.69) is 32.6 Å². The summed E-state index contributed by atoms with van der Waals surface area (Å²) in [5.41, 5.74) is 8.50. The van der Waals surface area contributed by atoms with Gasteiger partial charge < -0.3 is 26.0 Å². The molecule has 0 amide bonds. The average molecular weight is 429 g/mol. The maximum absolute atomic E-state index is 15.0. The number of benzene rings is 1. The number of ether oxygens (including phenoxy) is 1. The van der Waals surface area contributed by atoms with Gasteiger partial charge in [0.2, 0.25) is 5.95 Å². The molecule has 3 aromatic rings. The zero-order valence-electron chi connectivity index (χ0n) is 18.0.